The third-order valence-corrected chi connectivity index (χ3v) is 4.14. The molecule has 3 rings (SSSR count). The largest absolute Gasteiger partial charge is 0.309 e. The third kappa shape index (κ3) is 3.22. The molecule has 106 valence electrons. The van der Waals surface area contributed by atoms with Gasteiger partial charge in [0.1, 0.15) is 5.71 Å². The van der Waals surface area contributed by atoms with E-state index in [0.29, 0.717) is 18.7 Å². The van der Waals surface area contributed by atoms with Gasteiger partial charge in [0.25, 0.3) is 0 Å². The molecule has 1 atom stereocenters. The third-order valence-electron chi connectivity index (χ3n) is 3.61. The van der Waals surface area contributed by atoms with E-state index in [2.05, 4.69) is 38.6 Å². The van der Waals surface area contributed by atoms with Crippen molar-refractivity contribution in [2.45, 2.75) is 12.3 Å². The number of Topliss-reactive ketones (excluding diaryl/α,β-unsaturated/α-hetero) is 1. The second kappa shape index (κ2) is 6.22. The first-order valence-corrected chi connectivity index (χ1v) is 7.68. The number of halogens is 1. The summed E-state index contributed by atoms with van der Waals surface area (Å²) in [6.45, 7) is 0.676. The summed E-state index contributed by atoms with van der Waals surface area (Å²) in [6, 6.07) is 17.8. The van der Waals surface area contributed by atoms with Crippen LogP contribution in [0.2, 0.25) is 0 Å². The minimum Gasteiger partial charge on any atom is -0.309 e. The summed E-state index contributed by atoms with van der Waals surface area (Å²) >= 11 is 3.40. The van der Waals surface area contributed by atoms with Crippen LogP contribution in [0.3, 0.4) is 0 Å². The monoisotopic (exact) mass is 342 g/mol. The van der Waals surface area contributed by atoms with Gasteiger partial charge in [0, 0.05) is 28.9 Å². The van der Waals surface area contributed by atoms with E-state index in [4.69, 9.17) is 0 Å². The van der Waals surface area contributed by atoms with Gasteiger partial charge in [0.05, 0.1) is 0 Å². The molecule has 0 saturated carbocycles. The van der Waals surface area contributed by atoms with Gasteiger partial charge in [0.2, 0.25) is 0 Å². The number of benzene rings is 2. The summed E-state index contributed by atoms with van der Waals surface area (Å²) in [5.41, 5.74) is 5.58. The molecular weight excluding hydrogens is 328 g/mol. The van der Waals surface area contributed by atoms with Gasteiger partial charge < -0.3 is 5.43 Å². The summed E-state index contributed by atoms with van der Waals surface area (Å²) in [5, 5.41) is 4.28. The van der Waals surface area contributed by atoms with E-state index < -0.39 is 0 Å². The molecule has 0 fully saturated rings. The lowest BCUT2D eigenvalue weighted by Crippen LogP contribution is -2.17. The molecule has 1 N–H and O–H groups in total. The molecule has 0 radical (unpaired) electrons. The molecule has 0 amide bonds. The average Bonchev–Trinajstić information content (AvgIpc) is 2.71. The maximum atomic E-state index is 12.5. The Morgan fingerprint density at radius 2 is 1.76 bits per heavy atom. The number of carbonyl (C=O) groups is 1. The molecule has 2 aromatic carbocycles. The maximum Gasteiger partial charge on any atom is 0.184 e. The van der Waals surface area contributed by atoms with E-state index in [0.717, 1.165) is 10.0 Å². The van der Waals surface area contributed by atoms with E-state index in [-0.39, 0.29) is 11.7 Å². The highest BCUT2D eigenvalue weighted by molar-refractivity contribution is 9.10. The fourth-order valence-corrected chi connectivity index (χ4v) is 2.75. The van der Waals surface area contributed by atoms with Crippen molar-refractivity contribution >= 4 is 27.4 Å². The van der Waals surface area contributed by atoms with Gasteiger partial charge in [-0.15, -0.1) is 0 Å². The van der Waals surface area contributed by atoms with Gasteiger partial charge >= 0.3 is 0 Å². The van der Waals surface area contributed by atoms with Gasteiger partial charge in [-0.05, 0) is 17.7 Å². The number of hydrazone groups is 1. The quantitative estimate of drug-likeness (QED) is 0.907. The second-order valence-corrected chi connectivity index (χ2v) is 5.98. The van der Waals surface area contributed by atoms with Crippen LogP contribution in [-0.4, -0.2) is 18.0 Å². The first-order valence-electron chi connectivity index (χ1n) is 6.88. The lowest BCUT2D eigenvalue weighted by Gasteiger charge is -2.13. The Labute approximate surface area is 132 Å². The summed E-state index contributed by atoms with van der Waals surface area (Å²) in [7, 11) is 0. The Morgan fingerprint density at radius 3 is 2.48 bits per heavy atom. The summed E-state index contributed by atoms with van der Waals surface area (Å²) in [4.78, 5) is 12.5. The highest BCUT2D eigenvalue weighted by Crippen LogP contribution is 2.22. The SMILES string of the molecule is O=C1CC(c2ccccc2)CNN=C1c1ccc(Br)cc1. The number of ketones is 1. The molecule has 0 bridgehead atoms. The molecule has 0 aromatic heterocycles. The molecule has 21 heavy (non-hydrogen) atoms. The molecule has 0 saturated heterocycles. The number of hydrogen-bond donors (Lipinski definition) is 1. The average molecular weight is 343 g/mol. The van der Waals surface area contributed by atoms with E-state index in [1.54, 1.807) is 0 Å². The molecular formula is C17H15BrN2O. The van der Waals surface area contributed by atoms with E-state index in [1.807, 2.05) is 42.5 Å². The summed E-state index contributed by atoms with van der Waals surface area (Å²) < 4.78 is 0.989. The van der Waals surface area contributed by atoms with Crippen molar-refractivity contribution in [2.24, 2.45) is 5.10 Å². The van der Waals surface area contributed by atoms with Crippen LogP contribution in [0.1, 0.15) is 23.5 Å². The summed E-state index contributed by atoms with van der Waals surface area (Å²) in [6.07, 6.45) is 0.478. The molecule has 1 aliphatic heterocycles. The first-order chi connectivity index (χ1) is 10.2. The molecule has 1 unspecified atom stereocenters. The minimum absolute atomic E-state index is 0.0798. The van der Waals surface area contributed by atoms with Crippen molar-refractivity contribution in [1.82, 2.24) is 5.43 Å². The van der Waals surface area contributed by atoms with Gasteiger partial charge in [0.15, 0.2) is 5.78 Å². The number of nitrogens with one attached hydrogen (secondary N) is 1. The Balaban J connectivity index is 1.82. The minimum atomic E-state index is 0.0798. The van der Waals surface area contributed by atoms with E-state index >= 15 is 0 Å². The van der Waals surface area contributed by atoms with E-state index in [1.165, 1.54) is 5.56 Å². The van der Waals surface area contributed by atoms with Crippen molar-refractivity contribution < 1.29 is 4.79 Å². The highest BCUT2D eigenvalue weighted by atomic mass is 79.9. The lowest BCUT2D eigenvalue weighted by molar-refractivity contribution is -0.113. The highest BCUT2D eigenvalue weighted by Gasteiger charge is 2.23. The Hall–Kier alpha value is -1.94. The zero-order valence-corrected chi connectivity index (χ0v) is 13.0. The van der Waals surface area contributed by atoms with Crippen LogP contribution < -0.4 is 5.43 Å². The molecule has 3 nitrogen and oxygen atoms in total. The molecule has 1 heterocycles. The predicted octanol–water partition coefficient (Wildman–Crippen LogP) is 3.50. The number of carbonyl (C=O) groups excluding carboxylic acids is 1. The lowest BCUT2D eigenvalue weighted by atomic mass is 9.91. The van der Waals surface area contributed by atoms with Crippen molar-refractivity contribution in [3.63, 3.8) is 0 Å². The Bertz CT molecular complexity index is 665. The van der Waals surface area contributed by atoms with Crippen LogP contribution >= 0.6 is 15.9 Å². The first kappa shape index (κ1) is 14.0. The van der Waals surface area contributed by atoms with Gasteiger partial charge in [-0.1, -0.05) is 58.4 Å². The van der Waals surface area contributed by atoms with Crippen molar-refractivity contribution in [2.75, 3.05) is 6.54 Å². The van der Waals surface area contributed by atoms with Crippen LogP contribution in [-0.2, 0) is 4.79 Å². The van der Waals surface area contributed by atoms with E-state index in [9.17, 15) is 4.79 Å². The van der Waals surface area contributed by atoms with Gasteiger partial charge in [-0.25, -0.2) is 0 Å². The molecule has 1 aliphatic rings. The van der Waals surface area contributed by atoms with Crippen molar-refractivity contribution in [3.8, 4) is 0 Å². The Kier molecular flexibility index (Phi) is 4.15. The maximum absolute atomic E-state index is 12.5. The number of rotatable bonds is 2. The zero-order valence-electron chi connectivity index (χ0n) is 11.4. The van der Waals surface area contributed by atoms with Crippen molar-refractivity contribution in [3.05, 3.63) is 70.2 Å². The van der Waals surface area contributed by atoms with Gasteiger partial charge in [-0.2, -0.15) is 5.10 Å². The fraction of sp³-hybridized carbons (Fsp3) is 0.176. The van der Waals surface area contributed by atoms with Crippen LogP contribution in [0.4, 0.5) is 0 Å². The standard InChI is InChI=1S/C17H15BrN2O/c18-15-8-6-13(7-9-15)17-16(21)10-14(11-19-20-17)12-4-2-1-3-5-12/h1-9,14,19H,10-11H2. The van der Waals surface area contributed by atoms with Crippen molar-refractivity contribution in [1.29, 1.82) is 0 Å². The van der Waals surface area contributed by atoms with Crippen LogP contribution in [0.25, 0.3) is 0 Å². The molecule has 0 spiro atoms. The van der Waals surface area contributed by atoms with Crippen LogP contribution in [0.5, 0.6) is 0 Å². The molecule has 2 aromatic rings. The van der Waals surface area contributed by atoms with Crippen LogP contribution in [0.15, 0.2) is 64.2 Å². The second-order valence-electron chi connectivity index (χ2n) is 5.06. The fourth-order valence-electron chi connectivity index (χ4n) is 2.48. The Morgan fingerprint density at radius 1 is 1.05 bits per heavy atom. The zero-order chi connectivity index (χ0) is 14.7. The molecule has 4 heteroatoms. The predicted molar refractivity (Wildman–Crippen MR) is 87.5 cm³/mol. The number of nitrogens with zero attached hydrogens (tertiary/aromatic N) is 1. The number of hydrogen-bond acceptors (Lipinski definition) is 3. The van der Waals surface area contributed by atoms with Gasteiger partial charge in [-0.3, -0.25) is 4.79 Å². The van der Waals surface area contributed by atoms with Crippen LogP contribution in [0, 0.1) is 0 Å². The smallest absolute Gasteiger partial charge is 0.184 e. The normalized spacial score (nSPS) is 18.6. The topological polar surface area (TPSA) is 41.5 Å². The summed E-state index contributed by atoms with van der Waals surface area (Å²) in [5.74, 6) is 0.242. The molecule has 0 aliphatic carbocycles.